The van der Waals surface area contributed by atoms with E-state index in [4.69, 9.17) is 38.9 Å². The van der Waals surface area contributed by atoms with Gasteiger partial charge in [-0.15, -0.1) is 0 Å². The van der Waals surface area contributed by atoms with Crippen LogP contribution in [0.4, 0.5) is 11.4 Å². The van der Waals surface area contributed by atoms with Crippen molar-refractivity contribution < 1.29 is 42.7 Å². The Morgan fingerprint density at radius 2 is 1.40 bits per heavy atom. The van der Waals surface area contributed by atoms with E-state index in [1.807, 2.05) is 36.4 Å². The second kappa shape index (κ2) is 19.2. The molecule has 0 aromatic heterocycles. The maximum Gasteiger partial charge on any atom is 0.261 e. The standard InChI is InChI=1S/C37H48N4O9/c1-3-41-36(42)30-6-4-5-29-28(8-9-31(35(29)30)37(41)43)32(38)26-39-27-7-10-33(34(25-27)50-24-15-44-2)40-11-13-45-16-18-47-20-22-49-23-21-48-19-17-46-14-12-40/h4-10,25-26,39H,3,11-24,38H2,1-2H3/b32-26-. The Balaban J connectivity index is 1.34. The lowest BCUT2D eigenvalue weighted by molar-refractivity contribution is -0.0116. The maximum absolute atomic E-state index is 13.1. The third-order valence-electron chi connectivity index (χ3n) is 8.36. The van der Waals surface area contributed by atoms with Gasteiger partial charge in [0.15, 0.2) is 0 Å². The molecule has 1 saturated heterocycles. The third-order valence-corrected chi connectivity index (χ3v) is 8.36. The summed E-state index contributed by atoms with van der Waals surface area (Å²) in [6.07, 6.45) is 1.71. The van der Waals surface area contributed by atoms with Gasteiger partial charge in [-0.2, -0.15) is 0 Å². The third kappa shape index (κ3) is 9.50. The van der Waals surface area contributed by atoms with Gasteiger partial charge in [0, 0.05) is 66.8 Å². The van der Waals surface area contributed by atoms with Gasteiger partial charge in [0.25, 0.3) is 11.8 Å². The molecule has 3 aromatic rings. The van der Waals surface area contributed by atoms with Crippen molar-refractivity contribution in [3.8, 4) is 5.75 Å². The van der Waals surface area contributed by atoms with Gasteiger partial charge in [0.05, 0.1) is 84.1 Å². The number of methoxy groups -OCH3 is 1. The average molecular weight is 693 g/mol. The van der Waals surface area contributed by atoms with Crippen molar-refractivity contribution in [3.05, 3.63) is 71.4 Å². The molecule has 50 heavy (non-hydrogen) atoms. The Hall–Kier alpha value is -4.24. The summed E-state index contributed by atoms with van der Waals surface area (Å²) in [5.41, 5.74) is 10.4. The van der Waals surface area contributed by atoms with Crippen molar-refractivity contribution in [2.75, 3.05) is 116 Å². The van der Waals surface area contributed by atoms with Crippen LogP contribution in [0, 0.1) is 0 Å². The van der Waals surface area contributed by atoms with Crippen molar-refractivity contribution in [1.29, 1.82) is 0 Å². The predicted octanol–water partition coefficient (Wildman–Crippen LogP) is 3.75. The Kier molecular flexibility index (Phi) is 14.2. The number of benzene rings is 3. The SMILES string of the molecule is CCN1C(=O)c2cccc3c(/C(N)=C/Nc4ccc(N5CCOCCOCCOCCOCCOCC5)c(OCCOC)c4)ccc(c23)C1=O. The molecule has 0 aliphatic carbocycles. The summed E-state index contributed by atoms with van der Waals surface area (Å²) in [6, 6.07) is 14.9. The lowest BCUT2D eigenvalue weighted by Gasteiger charge is -2.27. The van der Waals surface area contributed by atoms with E-state index in [1.54, 1.807) is 32.4 Å². The number of hydrogen-bond acceptors (Lipinski definition) is 12. The summed E-state index contributed by atoms with van der Waals surface area (Å²) >= 11 is 0. The fourth-order valence-corrected chi connectivity index (χ4v) is 5.82. The molecule has 2 aliphatic rings. The number of nitrogens with two attached hydrogens (primary N) is 1. The molecule has 270 valence electrons. The molecule has 0 radical (unpaired) electrons. The highest BCUT2D eigenvalue weighted by atomic mass is 16.6. The van der Waals surface area contributed by atoms with E-state index in [9.17, 15) is 9.59 Å². The van der Waals surface area contributed by atoms with E-state index >= 15 is 0 Å². The number of carbonyl (C=O) groups excluding carboxylic acids is 2. The van der Waals surface area contributed by atoms with Crippen LogP contribution in [0.5, 0.6) is 5.75 Å². The number of imide groups is 1. The van der Waals surface area contributed by atoms with Crippen molar-refractivity contribution in [3.63, 3.8) is 0 Å². The molecule has 0 unspecified atom stereocenters. The molecule has 0 spiro atoms. The Morgan fingerprint density at radius 3 is 2.00 bits per heavy atom. The molecular weight excluding hydrogens is 644 g/mol. The van der Waals surface area contributed by atoms with Crippen LogP contribution in [0.2, 0.25) is 0 Å². The zero-order valence-electron chi connectivity index (χ0n) is 28.9. The zero-order chi connectivity index (χ0) is 35.1. The number of amides is 2. The summed E-state index contributed by atoms with van der Waals surface area (Å²) in [6.45, 7) is 9.03. The number of nitrogens with zero attached hydrogens (tertiary/aromatic N) is 2. The first-order chi connectivity index (χ1) is 24.5. The van der Waals surface area contributed by atoms with Gasteiger partial charge in [-0.05, 0) is 36.6 Å². The van der Waals surface area contributed by atoms with E-state index < -0.39 is 0 Å². The molecule has 2 aliphatic heterocycles. The topological polar surface area (TPSA) is 143 Å². The summed E-state index contributed by atoms with van der Waals surface area (Å²) < 4.78 is 39.9. The fraction of sp³-hybridized carbons (Fsp3) is 0.459. The smallest absolute Gasteiger partial charge is 0.261 e. The van der Waals surface area contributed by atoms with E-state index in [0.717, 1.165) is 16.8 Å². The summed E-state index contributed by atoms with van der Waals surface area (Å²) in [7, 11) is 1.63. The molecule has 3 N–H and O–H groups in total. The van der Waals surface area contributed by atoms with Crippen LogP contribution in [-0.4, -0.2) is 123 Å². The lowest BCUT2D eigenvalue weighted by Crippen LogP contribution is -2.40. The van der Waals surface area contributed by atoms with Crippen LogP contribution in [0.3, 0.4) is 0 Å². The van der Waals surface area contributed by atoms with Crippen molar-refractivity contribution in [2.24, 2.45) is 5.73 Å². The highest BCUT2D eigenvalue weighted by molar-refractivity contribution is 6.26. The monoisotopic (exact) mass is 692 g/mol. The molecule has 0 saturated carbocycles. The number of anilines is 2. The first kappa shape index (κ1) is 37.0. The van der Waals surface area contributed by atoms with Crippen LogP contribution in [-0.2, 0) is 28.4 Å². The van der Waals surface area contributed by atoms with Crippen LogP contribution in [0.1, 0.15) is 33.2 Å². The van der Waals surface area contributed by atoms with Gasteiger partial charge in [0.1, 0.15) is 12.4 Å². The minimum atomic E-state index is -0.300. The molecule has 0 bridgehead atoms. The van der Waals surface area contributed by atoms with E-state index in [-0.39, 0.29) is 11.8 Å². The van der Waals surface area contributed by atoms with Crippen molar-refractivity contribution in [2.45, 2.75) is 6.92 Å². The van der Waals surface area contributed by atoms with Crippen LogP contribution >= 0.6 is 0 Å². The molecular formula is C37H48N4O9. The van der Waals surface area contributed by atoms with Crippen LogP contribution in [0.25, 0.3) is 16.5 Å². The van der Waals surface area contributed by atoms with E-state index in [2.05, 4.69) is 10.2 Å². The molecule has 13 heteroatoms. The summed E-state index contributed by atoms with van der Waals surface area (Å²) in [4.78, 5) is 29.6. The Bertz CT molecular complexity index is 1580. The minimum absolute atomic E-state index is 0.300. The highest BCUT2D eigenvalue weighted by Gasteiger charge is 2.32. The van der Waals surface area contributed by atoms with Gasteiger partial charge >= 0.3 is 0 Å². The van der Waals surface area contributed by atoms with Gasteiger partial charge in [-0.1, -0.05) is 18.2 Å². The first-order valence-corrected chi connectivity index (χ1v) is 17.1. The Morgan fingerprint density at radius 1 is 0.800 bits per heavy atom. The van der Waals surface area contributed by atoms with Gasteiger partial charge in [0.2, 0.25) is 0 Å². The lowest BCUT2D eigenvalue weighted by atomic mass is 9.90. The number of ether oxygens (including phenoxy) is 7. The molecule has 0 atom stereocenters. The minimum Gasteiger partial charge on any atom is -0.489 e. The maximum atomic E-state index is 13.1. The number of nitrogens with one attached hydrogen (secondary N) is 1. The molecule has 1 fully saturated rings. The summed E-state index contributed by atoms with van der Waals surface area (Å²) in [5, 5.41) is 4.66. The van der Waals surface area contributed by atoms with Gasteiger partial charge in [-0.3, -0.25) is 14.5 Å². The summed E-state index contributed by atoms with van der Waals surface area (Å²) in [5.74, 6) is 0.0593. The van der Waals surface area contributed by atoms with Crippen LogP contribution < -0.4 is 20.7 Å². The number of carbonyl (C=O) groups is 2. The van der Waals surface area contributed by atoms with Gasteiger partial charge in [-0.25, -0.2) is 0 Å². The molecule has 2 amide bonds. The van der Waals surface area contributed by atoms with E-state index in [0.29, 0.717) is 132 Å². The second-order valence-electron chi connectivity index (χ2n) is 11.6. The number of rotatable bonds is 9. The molecule has 3 aromatic carbocycles. The highest BCUT2D eigenvalue weighted by Crippen LogP contribution is 2.35. The molecule has 13 nitrogen and oxygen atoms in total. The van der Waals surface area contributed by atoms with Gasteiger partial charge < -0.3 is 49.1 Å². The normalized spacial score (nSPS) is 17.8. The quantitative estimate of drug-likeness (QED) is 0.249. The van der Waals surface area contributed by atoms with E-state index in [1.165, 1.54) is 4.90 Å². The Labute approximate surface area is 293 Å². The number of hydrogen-bond donors (Lipinski definition) is 2. The van der Waals surface area contributed by atoms with Crippen molar-refractivity contribution >= 4 is 39.7 Å². The molecule has 5 rings (SSSR count). The van der Waals surface area contributed by atoms with Crippen LogP contribution in [0.15, 0.2) is 54.7 Å². The van der Waals surface area contributed by atoms with Crippen molar-refractivity contribution in [1.82, 2.24) is 4.90 Å². The largest absolute Gasteiger partial charge is 0.489 e. The zero-order valence-corrected chi connectivity index (χ0v) is 28.9. The fourth-order valence-electron chi connectivity index (χ4n) is 5.82. The first-order valence-electron chi connectivity index (χ1n) is 17.1. The molecule has 2 heterocycles. The average Bonchev–Trinajstić information content (AvgIpc) is 3.13. The predicted molar refractivity (Wildman–Crippen MR) is 191 cm³/mol. The second-order valence-corrected chi connectivity index (χ2v) is 11.6.